The largest absolute Gasteiger partial charge is 0.396 e. The van der Waals surface area contributed by atoms with E-state index in [0.29, 0.717) is 0 Å². The molecule has 2 rings (SSSR count). The highest BCUT2D eigenvalue weighted by molar-refractivity contribution is 5.01. The van der Waals surface area contributed by atoms with Crippen molar-refractivity contribution < 1.29 is 5.11 Å². The van der Waals surface area contributed by atoms with Crippen molar-refractivity contribution in [2.75, 3.05) is 6.61 Å². The number of aromatic nitrogens is 2. The number of nitrogens with zero attached hydrogens (tertiary/aromatic N) is 2. The van der Waals surface area contributed by atoms with Gasteiger partial charge in [-0.05, 0) is 24.8 Å². The second-order valence-electron chi connectivity index (χ2n) is 3.42. The van der Waals surface area contributed by atoms with E-state index < -0.39 is 0 Å². The van der Waals surface area contributed by atoms with Crippen molar-refractivity contribution in [2.24, 2.45) is 5.92 Å². The van der Waals surface area contributed by atoms with Gasteiger partial charge in [0.1, 0.15) is 0 Å². The fourth-order valence-corrected chi connectivity index (χ4v) is 1.40. The highest BCUT2D eigenvalue weighted by atomic mass is 16.3. The van der Waals surface area contributed by atoms with Crippen molar-refractivity contribution in [3.05, 3.63) is 18.0 Å². The molecule has 1 aromatic rings. The maximum Gasteiger partial charge on any atom is 0.0492 e. The summed E-state index contributed by atoms with van der Waals surface area (Å²) >= 11 is 0. The van der Waals surface area contributed by atoms with Gasteiger partial charge in [-0.1, -0.05) is 0 Å². The molecule has 12 heavy (non-hydrogen) atoms. The zero-order chi connectivity index (χ0) is 8.39. The van der Waals surface area contributed by atoms with E-state index in [9.17, 15) is 0 Å². The van der Waals surface area contributed by atoms with E-state index in [2.05, 4.69) is 5.10 Å². The second-order valence-corrected chi connectivity index (χ2v) is 3.42. The zero-order valence-electron chi connectivity index (χ0n) is 7.11. The molecule has 66 valence electrons. The van der Waals surface area contributed by atoms with Crippen molar-refractivity contribution >= 4 is 0 Å². The molecular formula is C9H14N2O. The molecule has 1 heterocycles. The molecule has 0 aromatic carbocycles. The predicted octanol–water partition coefficient (Wildman–Crippen LogP) is 0.828. The minimum atomic E-state index is 0.219. The van der Waals surface area contributed by atoms with Gasteiger partial charge in [0, 0.05) is 31.5 Å². The van der Waals surface area contributed by atoms with Crippen LogP contribution in [0.5, 0.6) is 0 Å². The Morgan fingerprint density at radius 3 is 3.08 bits per heavy atom. The number of aliphatic hydroxyl groups is 1. The molecule has 1 fully saturated rings. The fourth-order valence-electron chi connectivity index (χ4n) is 1.40. The van der Waals surface area contributed by atoms with Gasteiger partial charge in [-0.25, -0.2) is 0 Å². The maximum absolute atomic E-state index is 8.77. The van der Waals surface area contributed by atoms with Gasteiger partial charge in [0.15, 0.2) is 0 Å². The molecule has 0 saturated heterocycles. The Balaban J connectivity index is 2.01. The monoisotopic (exact) mass is 166 g/mol. The third-order valence-corrected chi connectivity index (χ3v) is 2.30. The summed E-state index contributed by atoms with van der Waals surface area (Å²) < 4.78 is 2.02. The Labute approximate surface area is 72.0 Å². The molecule has 0 unspecified atom stereocenters. The van der Waals surface area contributed by atoms with E-state index in [1.54, 1.807) is 0 Å². The molecule has 3 nitrogen and oxygen atoms in total. The van der Waals surface area contributed by atoms with Gasteiger partial charge in [-0.15, -0.1) is 0 Å². The van der Waals surface area contributed by atoms with Gasteiger partial charge in [-0.2, -0.15) is 5.10 Å². The molecule has 1 aromatic heterocycles. The van der Waals surface area contributed by atoms with Gasteiger partial charge in [0.05, 0.1) is 0 Å². The highest BCUT2D eigenvalue weighted by Gasteiger charge is 2.22. The smallest absolute Gasteiger partial charge is 0.0492 e. The first-order valence-corrected chi connectivity index (χ1v) is 4.51. The van der Waals surface area contributed by atoms with E-state index in [0.717, 1.165) is 24.6 Å². The van der Waals surface area contributed by atoms with Crippen LogP contribution < -0.4 is 0 Å². The van der Waals surface area contributed by atoms with E-state index in [1.807, 2.05) is 16.9 Å². The predicted molar refractivity (Wildman–Crippen MR) is 45.7 cm³/mol. The van der Waals surface area contributed by atoms with Gasteiger partial charge < -0.3 is 5.11 Å². The minimum absolute atomic E-state index is 0.219. The molecular weight excluding hydrogens is 152 g/mol. The summed E-state index contributed by atoms with van der Waals surface area (Å²) in [5, 5.41) is 13.0. The summed E-state index contributed by atoms with van der Waals surface area (Å²) in [6.07, 6.45) is 5.23. The van der Waals surface area contributed by atoms with Crippen LogP contribution in [0, 0.1) is 5.92 Å². The summed E-state index contributed by atoms with van der Waals surface area (Å²) in [7, 11) is 0. The molecule has 1 N–H and O–H groups in total. The number of hydrogen-bond acceptors (Lipinski definition) is 2. The summed E-state index contributed by atoms with van der Waals surface area (Å²) in [4.78, 5) is 0. The third-order valence-electron chi connectivity index (χ3n) is 2.30. The summed E-state index contributed by atoms with van der Waals surface area (Å²) in [5.74, 6) is 0.849. The normalized spacial score (nSPS) is 16.8. The first-order chi connectivity index (χ1) is 5.90. The molecule has 0 radical (unpaired) electrons. The first-order valence-electron chi connectivity index (χ1n) is 4.51. The minimum Gasteiger partial charge on any atom is -0.396 e. The van der Waals surface area contributed by atoms with Crippen LogP contribution in [-0.2, 0) is 13.0 Å². The Bertz CT molecular complexity index is 253. The Morgan fingerprint density at radius 2 is 2.42 bits per heavy atom. The lowest BCUT2D eigenvalue weighted by atomic mass is 10.3. The van der Waals surface area contributed by atoms with E-state index >= 15 is 0 Å². The van der Waals surface area contributed by atoms with Crippen molar-refractivity contribution in [1.29, 1.82) is 0 Å². The quantitative estimate of drug-likeness (QED) is 0.719. The number of aliphatic hydroxyl groups excluding tert-OH is 1. The van der Waals surface area contributed by atoms with Crippen LogP contribution in [0.15, 0.2) is 12.3 Å². The highest BCUT2D eigenvalue weighted by Crippen LogP contribution is 2.30. The average molecular weight is 166 g/mol. The lowest BCUT2D eigenvalue weighted by Gasteiger charge is -2.04. The zero-order valence-corrected chi connectivity index (χ0v) is 7.11. The third kappa shape index (κ3) is 1.67. The van der Waals surface area contributed by atoms with Gasteiger partial charge >= 0.3 is 0 Å². The maximum atomic E-state index is 8.77. The van der Waals surface area contributed by atoms with Crippen molar-refractivity contribution in [1.82, 2.24) is 9.78 Å². The Kier molecular flexibility index (Phi) is 2.13. The lowest BCUT2D eigenvalue weighted by molar-refractivity contribution is 0.295. The summed E-state index contributed by atoms with van der Waals surface area (Å²) in [6.45, 7) is 1.26. The molecule has 1 aliphatic carbocycles. The van der Waals surface area contributed by atoms with Crippen LogP contribution in [0.3, 0.4) is 0 Å². The number of hydrogen-bond donors (Lipinski definition) is 1. The van der Waals surface area contributed by atoms with Crippen molar-refractivity contribution in [3.63, 3.8) is 0 Å². The molecule has 0 bridgehead atoms. The summed E-state index contributed by atoms with van der Waals surface area (Å²) in [6, 6.07) is 1.98. The molecule has 0 atom stereocenters. The fraction of sp³-hybridized carbons (Fsp3) is 0.667. The van der Waals surface area contributed by atoms with Crippen LogP contribution >= 0.6 is 0 Å². The van der Waals surface area contributed by atoms with Crippen LogP contribution in [-0.4, -0.2) is 21.5 Å². The van der Waals surface area contributed by atoms with Crippen molar-refractivity contribution in [3.8, 4) is 0 Å². The summed E-state index contributed by atoms with van der Waals surface area (Å²) in [5.41, 5.74) is 1.16. The van der Waals surface area contributed by atoms with E-state index in [-0.39, 0.29) is 6.61 Å². The number of rotatable bonds is 4. The lowest BCUT2D eigenvalue weighted by Crippen LogP contribution is -2.07. The Hall–Kier alpha value is -0.830. The SMILES string of the molecule is OCCc1ccnn1CC1CC1. The van der Waals surface area contributed by atoms with Crippen LogP contribution in [0.2, 0.25) is 0 Å². The van der Waals surface area contributed by atoms with Gasteiger partial charge in [0.2, 0.25) is 0 Å². The van der Waals surface area contributed by atoms with Gasteiger partial charge in [0.25, 0.3) is 0 Å². The van der Waals surface area contributed by atoms with Crippen LogP contribution in [0.4, 0.5) is 0 Å². The Morgan fingerprint density at radius 1 is 1.58 bits per heavy atom. The molecule has 1 saturated carbocycles. The molecule has 1 aliphatic rings. The molecule has 3 heteroatoms. The topological polar surface area (TPSA) is 38.1 Å². The molecule has 0 amide bonds. The van der Waals surface area contributed by atoms with Crippen LogP contribution in [0.25, 0.3) is 0 Å². The van der Waals surface area contributed by atoms with Crippen LogP contribution in [0.1, 0.15) is 18.5 Å². The average Bonchev–Trinajstić information content (AvgIpc) is 2.76. The van der Waals surface area contributed by atoms with E-state index in [1.165, 1.54) is 12.8 Å². The molecule has 0 aliphatic heterocycles. The second kappa shape index (κ2) is 3.27. The van der Waals surface area contributed by atoms with Crippen molar-refractivity contribution in [2.45, 2.75) is 25.8 Å². The standard InChI is InChI=1S/C9H14N2O/c12-6-4-9-3-5-10-11(9)7-8-1-2-8/h3,5,8,12H,1-2,4,6-7H2. The molecule has 0 spiro atoms. The first kappa shape index (κ1) is 7.80. The van der Waals surface area contributed by atoms with Gasteiger partial charge in [-0.3, -0.25) is 4.68 Å². The van der Waals surface area contributed by atoms with E-state index in [4.69, 9.17) is 5.11 Å².